The fraction of sp³-hybridized carbons (Fsp3) is 0.529. The molecule has 6 nitrogen and oxygen atoms in total. The number of rotatable bonds is 1. The van der Waals surface area contributed by atoms with Gasteiger partial charge in [-0.2, -0.15) is 0 Å². The summed E-state index contributed by atoms with van der Waals surface area (Å²) in [6.45, 7) is 0.876. The van der Waals surface area contributed by atoms with Crippen LogP contribution >= 0.6 is 0 Å². The fourth-order valence-electron chi connectivity index (χ4n) is 5.43. The van der Waals surface area contributed by atoms with Crippen LogP contribution in [0.1, 0.15) is 17.5 Å². The third-order valence-electron chi connectivity index (χ3n) is 6.31. The van der Waals surface area contributed by atoms with Crippen molar-refractivity contribution in [2.45, 2.75) is 36.5 Å². The van der Waals surface area contributed by atoms with Gasteiger partial charge in [0, 0.05) is 17.5 Å². The maximum atomic E-state index is 10.6. The summed E-state index contributed by atoms with van der Waals surface area (Å²) in [5, 5.41) is 30.2. The molecule has 2 aliphatic carbocycles. The number of aliphatic hydroxyl groups is 1. The van der Waals surface area contributed by atoms with Crippen molar-refractivity contribution in [3.63, 3.8) is 0 Å². The zero-order valence-electron chi connectivity index (χ0n) is 12.8. The summed E-state index contributed by atoms with van der Waals surface area (Å²) < 4.78 is 6.05. The summed E-state index contributed by atoms with van der Waals surface area (Å²) in [5.41, 5.74) is 1.70. The van der Waals surface area contributed by atoms with Crippen LogP contribution in [0.25, 0.3) is 0 Å². The van der Waals surface area contributed by atoms with Gasteiger partial charge in [0.25, 0.3) is 0 Å². The van der Waals surface area contributed by atoms with Crippen molar-refractivity contribution in [1.82, 2.24) is 4.90 Å². The molecular formula is C17H19NO5. The molecule has 0 unspecified atom stereocenters. The molecule has 0 saturated carbocycles. The van der Waals surface area contributed by atoms with Crippen LogP contribution in [0, 0.1) is 5.92 Å². The lowest BCUT2D eigenvalue weighted by Gasteiger charge is -2.57. The average molecular weight is 317 g/mol. The largest absolute Gasteiger partial charge is 0.504 e. The van der Waals surface area contributed by atoms with Crippen molar-refractivity contribution in [2.24, 2.45) is 5.92 Å². The van der Waals surface area contributed by atoms with Gasteiger partial charge in [-0.25, -0.2) is 5.26 Å². The number of piperidine rings is 1. The van der Waals surface area contributed by atoms with Crippen molar-refractivity contribution in [2.75, 3.05) is 13.6 Å². The Bertz CT molecular complexity index is 732. The van der Waals surface area contributed by atoms with E-state index in [-0.39, 0.29) is 17.7 Å². The van der Waals surface area contributed by atoms with E-state index in [0.29, 0.717) is 11.5 Å². The lowest BCUT2D eigenvalue weighted by Crippen LogP contribution is -2.66. The van der Waals surface area contributed by atoms with E-state index in [4.69, 9.17) is 4.74 Å². The highest BCUT2D eigenvalue weighted by molar-refractivity contribution is 5.62. The monoisotopic (exact) mass is 317 g/mol. The SMILES string of the molecule is CN1CC[C@]23c4c5ccc(O)c4O[C@H]2[C@@H](O)C=C(OO)[C@H]3[C@H]1C5. The molecule has 1 spiro atoms. The average Bonchev–Trinajstić information content (AvgIpc) is 2.90. The van der Waals surface area contributed by atoms with E-state index in [0.717, 1.165) is 30.5 Å². The molecule has 1 fully saturated rings. The molecule has 4 aliphatic rings. The van der Waals surface area contributed by atoms with Gasteiger partial charge in [-0.3, -0.25) is 0 Å². The van der Waals surface area contributed by atoms with E-state index in [1.807, 2.05) is 6.07 Å². The standard InChI is InChI=1S/C17H19NO5/c1-18-5-4-17-13-8-2-3-10(19)15(13)22-16(17)11(20)7-12(23-21)14(17)9(18)6-8/h2-3,7,9,11,14,16,19-21H,4-6H2,1H3/t9-,11+,14-,16+,17-/m1/s1. The predicted octanol–water partition coefficient (Wildman–Crippen LogP) is 1.02. The minimum atomic E-state index is -0.879. The second kappa shape index (κ2) is 4.20. The molecule has 2 aliphatic heterocycles. The lowest BCUT2D eigenvalue weighted by atomic mass is 9.52. The summed E-state index contributed by atoms with van der Waals surface area (Å²) in [6.07, 6.45) is 1.81. The zero-order chi connectivity index (χ0) is 15.9. The summed E-state index contributed by atoms with van der Waals surface area (Å²) in [4.78, 5) is 6.97. The molecular weight excluding hydrogens is 298 g/mol. The fourth-order valence-corrected chi connectivity index (χ4v) is 5.43. The molecule has 2 heterocycles. The number of likely N-dealkylation sites (tertiary alicyclic amines) is 1. The van der Waals surface area contributed by atoms with Crippen molar-refractivity contribution in [1.29, 1.82) is 0 Å². The number of aliphatic hydroxyl groups excluding tert-OH is 1. The minimum Gasteiger partial charge on any atom is -0.504 e. The van der Waals surface area contributed by atoms with Gasteiger partial charge in [0.2, 0.25) is 0 Å². The number of hydrogen-bond acceptors (Lipinski definition) is 6. The van der Waals surface area contributed by atoms with Gasteiger partial charge >= 0.3 is 0 Å². The maximum Gasteiger partial charge on any atom is 0.165 e. The molecule has 23 heavy (non-hydrogen) atoms. The first-order chi connectivity index (χ1) is 11.1. The Morgan fingerprint density at radius 1 is 1.39 bits per heavy atom. The summed E-state index contributed by atoms with van der Waals surface area (Å²) in [6, 6.07) is 3.79. The minimum absolute atomic E-state index is 0.0878. The Kier molecular flexibility index (Phi) is 2.49. The first kappa shape index (κ1) is 13.7. The molecule has 0 radical (unpaired) electrons. The highest BCUT2D eigenvalue weighted by atomic mass is 17.1. The number of phenolic OH excluding ortho intramolecular Hbond substituents is 1. The number of benzene rings is 1. The molecule has 5 rings (SSSR count). The Morgan fingerprint density at radius 2 is 2.22 bits per heavy atom. The Balaban J connectivity index is 1.84. The van der Waals surface area contributed by atoms with E-state index in [1.54, 1.807) is 12.1 Å². The number of phenols is 1. The molecule has 1 saturated heterocycles. The van der Waals surface area contributed by atoms with Gasteiger partial charge in [0.1, 0.15) is 18.0 Å². The van der Waals surface area contributed by atoms with Crippen LogP contribution in [0.5, 0.6) is 11.5 Å². The Morgan fingerprint density at radius 3 is 3.00 bits per heavy atom. The molecule has 0 amide bonds. The third kappa shape index (κ3) is 1.40. The molecule has 122 valence electrons. The smallest absolute Gasteiger partial charge is 0.165 e. The Labute approximate surface area is 133 Å². The number of ether oxygens (including phenoxy) is 1. The van der Waals surface area contributed by atoms with Crippen LogP contribution in [0.4, 0.5) is 0 Å². The quantitative estimate of drug-likeness (QED) is 0.530. The molecule has 0 aromatic heterocycles. The predicted molar refractivity (Wildman–Crippen MR) is 80.2 cm³/mol. The van der Waals surface area contributed by atoms with E-state index >= 15 is 0 Å². The second-order valence-electron chi connectivity index (χ2n) is 7.16. The van der Waals surface area contributed by atoms with Crippen LogP contribution in [-0.4, -0.2) is 52.2 Å². The number of aromatic hydroxyl groups is 1. The van der Waals surface area contributed by atoms with E-state index in [9.17, 15) is 15.5 Å². The topological polar surface area (TPSA) is 82.4 Å². The summed E-state index contributed by atoms with van der Waals surface area (Å²) >= 11 is 0. The zero-order valence-corrected chi connectivity index (χ0v) is 12.8. The van der Waals surface area contributed by atoms with Gasteiger partial charge in [-0.15, -0.1) is 0 Å². The molecule has 1 aromatic rings. The summed E-state index contributed by atoms with van der Waals surface area (Å²) in [5.74, 6) is 0.931. The summed E-state index contributed by atoms with van der Waals surface area (Å²) in [7, 11) is 2.08. The highest BCUT2D eigenvalue weighted by Gasteiger charge is 2.67. The van der Waals surface area contributed by atoms with Crippen LogP contribution in [0.15, 0.2) is 24.0 Å². The molecule has 6 heteroatoms. The Hall–Kier alpha value is -1.76. The maximum absolute atomic E-state index is 10.6. The van der Waals surface area contributed by atoms with Crippen LogP contribution in [0.3, 0.4) is 0 Å². The van der Waals surface area contributed by atoms with Gasteiger partial charge in [0.15, 0.2) is 11.5 Å². The van der Waals surface area contributed by atoms with Gasteiger partial charge in [-0.1, -0.05) is 6.07 Å². The van der Waals surface area contributed by atoms with E-state index in [1.165, 1.54) is 0 Å². The van der Waals surface area contributed by atoms with Crippen molar-refractivity contribution >= 4 is 0 Å². The molecule has 5 atom stereocenters. The number of likely N-dealkylation sites (N-methyl/N-ethyl adjacent to an activating group) is 1. The lowest BCUT2D eigenvalue weighted by molar-refractivity contribution is -0.228. The van der Waals surface area contributed by atoms with Gasteiger partial charge in [0.05, 0.1) is 5.41 Å². The molecule has 2 bridgehead atoms. The van der Waals surface area contributed by atoms with Gasteiger partial charge < -0.3 is 24.7 Å². The molecule has 1 aromatic carbocycles. The first-order valence-electron chi connectivity index (χ1n) is 8.01. The van der Waals surface area contributed by atoms with Crippen molar-refractivity contribution < 1.29 is 25.1 Å². The van der Waals surface area contributed by atoms with Crippen LogP contribution < -0.4 is 4.74 Å². The number of nitrogens with zero attached hydrogens (tertiary/aromatic N) is 1. The third-order valence-corrected chi connectivity index (χ3v) is 6.31. The molecule has 3 N–H and O–H groups in total. The second-order valence-corrected chi connectivity index (χ2v) is 7.16. The van der Waals surface area contributed by atoms with Crippen LogP contribution in [-0.2, 0) is 16.7 Å². The first-order valence-corrected chi connectivity index (χ1v) is 8.01. The van der Waals surface area contributed by atoms with Crippen LogP contribution in [0.2, 0.25) is 0 Å². The highest BCUT2D eigenvalue weighted by Crippen LogP contribution is 2.63. The van der Waals surface area contributed by atoms with Gasteiger partial charge in [-0.05, 0) is 44.1 Å². The van der Waals surface area contributed by atoms with Crippen molar-refractivity contribution in [3.05, 3.63) is 35.1 Å². The number of hydrogen-bond donors (Lipinski definition) is 3. The normalized spacial score (nSPS) is 40.2. The van der Waals surface area contributed by atoms with E-state index < -0.39 is 17.6 Å². The van der Waals surface area contributed by atoms with E-state index in [2.05, 4.69) is 16.8 Å². The van der Waals surface area contributed by atoms with Crippen molar-refractivity contribution in [3.8, 4) is 11.5 Å².